The Hall–Kier alpha value is -2.41. The molecule has 1 aromatic rings. The Balaban J connectivity index is 2.23. The second kappa shape index (κ2) is 8.11. The topological polar surface area (TPSA) is 77.0 Å². The van der Waals surface area contributed by atoms with E-state index in [1.807, 2.05) is 24.3 Å². The van der Waals surface area contributed by atoms with Gasteiger partial charge in [0.25, 0.3) is 5.91 Å². The van der Waals surface area contributed by atoms with Gasteiger partial charge in [0, 0.05) is 37.8 Å². The molecule has 136 valence electrons. The van der Waals surface area contributed by atoms with E-state index >= 15 is 0 Å². The van der Waals surface area contributed by atoms with Crippen molar-refractivity contribution in [2.24, 2.45) is 5.10 Å². The van der Waals surface area contributed by atoms with Crippen LogP contribution in [0.15, 0.2) is 29.4 Å². The van der Waals surface area contributed by atoms with Crippen LogP contribution in [0.5, 0.6) is 0 Å². The van der Waals surface area contributed by atoms with Crippen molar-refractivity contribution >= 4 is 23.3 Å². The molecule has 3 amide bonds. The fourth-order valence-electron chi connectivity index (χ4n) is 3.08. The van der Waals surface area contributed by atoms with Crippen molar-refractivity contribution < 1.29 is 9.59 Å². The number of urea groups is 1. The molecule has 25 heavy (non-hydrogen) atoms. The molecule has 1 aromatic carbocycles. The zero-order valence-corrected chi connectivity index (χ0v) is 15.5. The molecule has 0 saturated carbocycles. The number of amides is 3. The average Bonchev–Trinajstić information content (AvgIpc) is 2.84. The lowest BCUT2D eigenvalue weighted by atomic mass is 10.1. The van der Waals surface area contributed by atoms with E-state index in [0.29, 0.717) is 18.6 Å². The zero-order valence-electron chi connectivity index (χ0n) is 15.5. The van der Waals surface area contributed by atoms with Gasteiger partial charge < -0.3 is 10.2 Å². The van der Waals surface area contributed by atoms with E-state index in [-0.39, 0.29) is 11.6 Å². The molecule has 2 N–H and O–H groups in total. The molecule has 0 unspecified atom stereocenters. The number of benzene rings is 1. The number of rotatable bonds is 6. The van der Waals surface area contributed by atoms with Gasteiger partial charge in [-0.2, -0.15) is 5.10 Å². The van der Waals surface area contributed by atoms with Crippen LogP contribution in [0.2, 0.25) is 0 Å². The van der Waals surface area contributed by atoms with Gasteiger partial charge in [0.2, 0.25) is 0 Å². The number of carbonyl (C=O) groups is 2. The van der Waals surface area contributed by atoms with Gasteiger partial charge in [0.05, 0.1) is 5.69 Å². The Labute approximate surface area is 149 Å². The molecule has 0 radical (unpaired) electrons. The van der Waals surface area contributed by atoms with Crippen molar-refractivity contribution in [2.45, 2.75) is 39.8 Å². The number of fused-ring (bicyclic) bond motifs is 1. The summed E-state index contributed by atoms with van der Waals surface area (Å²) in [4.78, 5) is 28.3. The zero-order chi connectivity index (χ0) is 18.6. The fraction of sp³-hybridized carbons (Fsp3) is 0.500. The first-order valence-corrected chi connectivity index (χ1v) is 8.59. The number of anilines is 1. The Morgan fingerprint density at radius 3 is 2.44 bits per heavy atom. The maximum Gasteiger partial charge on any atom is 0.334 e. The lowest BCUT2D eigenvalue weighted by Crippen LogP contribution is -2.44. The molecule has 0 spiro atoms. The Morgan fingerprint density at radius 2 is 1.84 bits per heavy atom. The van der Waals surface area contributed by atoms with Crippen LogP contribution < -0.4 is 15.6 Å². The molecular formula is C18H27N5O2. The van der Waals surface area contributed by atoms with E-state index in [0.717, 1.165) is 17.8 Å². The monoisotopic (exact) mass is 345 g/mol. The van der Waals surface area contributed by atoms with E-state index < -0.39 is 6.03 Å². The SMILES string of the molecule is CNC(=O)NN=C1C(=O)N(CCN(C(C)C)C(C)C)c2ccccc21. The molecule has 0 aliphatic carbocycles. The maximum absolute atomic E-state index is 12.8. The molecule has 2 rings (SSSR count). The number of hydrogen-bond donors (Lipinski definition) is 2. The number of hydrogen-bond acceptors (Lipinski definition) is 4. The Kier molecular flexibility index (Phi) is 6.14. The summed E-state index contributed by atoms with van der Waals surface area (Å²) < 4.78 is 0. The first-order valence-electron chi connectivity index (χ1n) is 8.59. The maximum atomic E-state index is 12.8. The Morgan fingerprint density at radius 1 is 1.20 bits per heavy atom. The standard InChI is InChI=1S/C18H27N5O2/c1-12(2)22(13(3)4)10-11-23-15-9-7-6-8-14(15)16(17(23)24)20-21-18(25)19-5/h6-9,12-13H,10-11H2,1-5H3,(H2,19,21,25). The molecule has 0 fully saturated rings. The molecule has 0 atom stereocenters. The van der Waals surface area contributed by atoms with Crippen LogP contribution in [0.1, 0.15) is 33.3 Å². The highest BCUT2D eigenvalue weighted by Crippen LogP contribution is 2.28. The number of para-hydroxylation sites is 1. The lowest BCUT2D eigenvalue weighted by molar-refractivity contribution is -0.112. The molecule has 7 heteroatoms. The van der Waals surface area contributed by atoms with Crippen LogP contribution >= 0.6 is 0 Å². The minimum atomic E-state index is -0.456. The van der Waals surface area contributed by atoms with Gasteiger partial charge in [-0.15, -0.1) is 0 Å². The van der Waals surface area contributed by atoms with Crippen LogP contribution in [0.4, 0.5) is 10.5 Å². The van der Waals surface area contributed by atoms with Crippen LogP contribution in [0.25, 0.3) is 0 Å². The minimum Gasteiger partial charge on any atom is -0.340 e. The Bertz CT molecular complexity index is 661. The smallest absolute Gasteiger partial charge is 0.334 e. The lowest BCUT2D eigenvalue weighted by Gasteiger charge is -2.32. The van der Waals surface area contributed by atoms with Gasteiger partial charge in [-0.3, -0.25) is 9.69 Å². The van der Waals surface area contributed by atoms with E-state index in [4.69, 9.17) is 0 Å². The minimum absolute atomic E-state index is 0.190. The van der Waals surface area contributed by atoms with Gasteiger partial charge in [-0.25, -0.2) is 10.2 Å². The van der Waals surface area contributed by atoms with E-state index in [9.17, 15) is 9.59 Å². The van der Waals surface area contributed by atoms with Crippen molar-refractivity contribution in [3.8, 4) is 0 Å². The third kappa shape index (κ3) is 4.17. The van der Waals surface area contributed by atoms with Crippen LogP contribution in [-0.4, -0.2) is 54.8 Å². The molecular weight excluding hydrogens is 318 g/mol. The molecule has 0 aromatic heterocycles. The predicted octanol–water partition coefficient (Wildman–Crippen LogP) is 1.79. The summed E-state index contributed by atoms with van der Waals surface area (Å²) >= 11 is 0. The predicted molar refractivity (Wildman–Crippen MR) is 99.9 cm³/mol. The number of hydrazone groups is 1. The van der Waals surface area contributed by atoms with Gasteiger partial charge in [-0.1, -0.05) is 18.2 Å². The van der Waals surface area contributed by atoms with Gasteiger partial charge >= 0.3 is 6.03 Å². The second-order valence-corrected chi connectivity index (χ2v) is 6.55. The summed E-state index contributed by atoms with van der Waals surface area (Å²) in [7, 11) is 1.50. The summed E-state index contributed by atoms with van der Waals surface area (Å²) in [5, 5.41) is 6.43. The molecule has 0 bridgehead atoms. The summed E-state index contributed by atoms with van der Waals surface area (Å²) in [6.45, 7) is 9.95. The molecule has 1 heterocycles. The number of nitrogens with zero attached hydrogens (tertiary/aromatic N) is 3. The fourth-order valence-corrected chi connectivity index (χ4v) is 3.08. The first-order chi connectivity index (χ1) is 11.9. The number of carbonyl (C=O) groups excluding carboxylic acids is 2. The van der Waals surface area contributed by atoms with Gasteiger partial charge in [0.1, 0.15) is 0 Å². The summed E-state index contributed by atoms with van der Waals surface area (Å²) in [5.41, 5.74) is 4.18. The van der Waals surface area contributed by atoms with Crippen molar-refractivity contribution in [2.75, 3.05) is 25.0 Å². The van der Waals surface area contributed by atoms with Crippen molar-refractivity contribution in [1.82, 2.24) is 15.6 Å². The average molecular weight is 345 g/mol. The van der Waals surface area contributed by atoms with Crippen LogP contribution in [-0.2, 0) is 4.79 Å². The van der Waals surface area contributed by atoms with Crippen molar-refractivity contribution in [3.63, 3.8) is 0 Å². The quantitative estimate of drug-likeness (QED) is 0.772. The summed E-state index contributed by atoms with van der Waals surface area (Å²) in [5.74, 6) is -0.190. The van der Waals surface area contributed by atoms with E-state index in [1.54, 1.807) is 4.90 Å². The normalized spacial score (nSPS) is 15.4. The van der Waals surface area contributed by atoms with E-state index in [2.05, 4.69) is 48.4 Å². The largest absolute Gasteiger partial charge is 0.340 e. The van der Waals surface area contributed by atoms with Crippen molar-refractivity contribution in [1.29, 1.82) is 0 Å². The molecule has 1 aliphatic rings. The second-order valence-electron chi connectivity index (χ2n) is 6.55. The third-order valence-corrected chi connectivity index (χ3v) is 4.30. The number of nitrogens with one attached hydrogen (secondary N) is 2. The molecule has 1 aliphatic heterocycles. The highest BCUT2D eigenvalue weighted by molar-refractivity contribution is 6.54. The molecule has 0 saturated heterocycles. The van der Waals surface area contributed by atoms with Crippen LogP contribution in [0.3, 0.4) is 0 Å². The summed E-state index contributed by atoms with van der Waals surface area (Å²) in [6.07, 6.45) is 0. The van der Waals surface area contributed by atoms with Crippen molar-refractivity contribution in [3.05, 3.63) is 29.8 Å². The first kappa shape index (κ1) is 18.9. The van der Waals surface area contributed by atoms with E-state index in [1.165, 1.54) is 7.05 Å². The highest BCUT2D eigenvalue weighted by atomic mass is 16.2. The van der Waals surface area contributed by atoms with Gasteiger partial charge in [0.15, 0.2) is 5.71 Å². The summed E-state index contributed by atoms with van der Waals surface area (Å²) in [6, 6.07) is 7.86. The third-order valence-electron chi connectivity index (χ3n) is 4.30. The molecule has 7 nitrogen and oxygen atoms in total. The highest BCUT2D eigenvalue weighted by Gasteiger charge is 2.34. The van der Waals surface area contributed by atoms with Crippen LogP contribution in [0, 0.1) is 0 Å². The van der Waals surface area contributed by atoms with Gasteiger partial charge in [-0.05, 0) is 33.8 Å².